The molecule has 0 spiro atoms. The van der Waals surface area contributed by atoms with Crippen molar-refractivity contribution >= 4 is 11.5 Å². The Labute approximate surface area is 141 Å². The van der Waals surface area contributed by atoms with Gasteiger partial charge < -0.3 is 9.64 Å². The molecule has 0 aliphatic carbocycles. The minimum absolute atomic E-state index is 0.238. The third-order valence-corrected chi connectivity index (χ3v) is 4.66. The molecule has 124 valence electrons. The fourth-order valence-electron chi connectivity index (χ4n) is 3.29. The second-order valence-electron chi connectivity index (χ2n) is 6.24. The average molecular weight is 323 g/mol. The number of ether oxygens (including phenoxy) is 1. The summed E-state index contributed by atoms with van der Waals surface area (Å²) in [4.78, 5) is 11.1. The van der Waals surface area contributed by atoms with Crippen molar-refractivity contribution in [3.63, 3.8) is 0 Å². The summed E-state index contributed by atoms with van der Waals surface area (Å²) >= 11 is 0. The Kier molecular flexibility index (Phi) is 3.80. The molecule has 4 heterocycles. The van der Waals surface area contributed by atoms with E-state index in [1.165, 1.54) is 5.56 Å². The van der Waals surface area contributed by atoms with Crippen LogP contribution in [0.2, 0.25) is 0 Å². The summed E-state index contributed by atoms with van der Waals surface area (Å²) in [7, 11) is 0. The third-order valence-electron chi connectivity index (χ3n) is 4.66. The molecule has 6 heteroatoms. The monoisotopic (exact) mass is 323 g/mol. The number of fused-ring (bicyclic) bond motifs is 1. The molecule has 4 rings (SSSR count). The van der Waals surface area contributed by atoms with Crippen molar-refractivity contribution in [1.82, 2.24) is 19.6 Å². The lowest BCUT2D eigenvalue weighted by atomic mass is 10.1. The summed E-state index contributed by atoms with van der Waals surface area (Å²) in [6.07, 6.45) is 7.55. The van der Waals surface area contributed by atoms with Gasteiger partial charge in [-0.25, -0.2) is 4.98 Å². The molecule has 0 radical (unpaired) electrons. The van der Waals surface area contributed by atoms with Crippen LogP contribution in [0, 0.1) is 13.8 Å². The molecule has 0 aromatic carbocycles. The third kappa shape index (κ3) is 2.68. The maximum atomic E-state index is 6.04. The fourth-order valence-corrected chi connectivity index (χ4v) is 3.29. The van der Waals surface area contributed by atoms with Gasteiger partial charge in [-0.2, -0.15) is 9.61 Å². The average Bonchev–Trinajstić information content (AvgIpc) is 3.06. The van der Waals surface area contributed by atoms with Crippen molar-refractivity contribution < 1.29 is 4.74 Å². The molecule has 1 aliphatic heterocycles. The number of aromatic nitrogens is 4. The molecule has 3 aromatic rings. The van der Waals surface area contributed by atoms with Gasteiger partial charge in [0, 0.05) is 49.5 Å². The molecular weight excluding hydrogens is 302 g/mol. The van der Waals surface area contributed by atoms with Gasteiger partial charge in [0.2, 0.25) is 0 Å². The van der Waals surface area contributed by atoms with Crippen LogP contribution in [0.15, 0.2) is 36.8 Å². The lowest BCUT2D eigenvalue weighted by Gasteiger charge is -2.34. The summed E-state index contributed by atoms with van der Waals surface area (Å²) in [6, 6.07) is 5.82. The minimum atomic E-state index is 0.238. The normalized spacial score (nSPS) is 15.8. The topological polar surface area (TPSA) is 55.5 Å². The summed E-state index contributed by atoms with van der Waals surface area (Å²) in [5.74, 6) is 2.00. The van der Waals surface area contributed by atoms with Crippen LogP contribution in [-0.4, -0.2) is 38.8 Å². The van der Waals surface area contributed by atoms with Crippen LogP contribution < -0.4 is 9.64 Å². The van der Waals surface area contributed by atoms with Crippen molar-refractivity contribution in [1.29, 1.82) is 0 Å². The van der Waals surface area contributed by atoms with Crippen molar-refractivity contribution in [2.45, 2.75) is 32.8 Å². The smallest absolute Gasteiger partial charge is 0.157 e. The summed E-state index contributed by atoms with van der Waals surface area (Å²) < 4.78 is 7.99. The standard InChI is InChI=1S/C18H21N5O/c1-13-14(2)21-17-5-9-20-23(17)18(13)22-10-6-15(7-11-22)24-16-4-3-8-19-12-16/h3-5,8-9,12,15H,6-7,10-11H2,1-2H3. The molecular formula is C18H21N5O. The number of piperidine rings is 1. The SMILES string of the molecule is Cc1nc2ccnn2c(N2CCC(Oc3cccnc3)CC2)c1C. The first kappa shape index (κ1) is 14.9. The van der Waals surface area contributed by atoms with Crippen LogP contribution in [-0.2, 0) is 0 Å². The first-order valence-electron chi connectivity index (χ1n) is 8.35. The zero-order valence-electron chi connectivity index (χ0n) is 14.0. The molecule has 0 saturated carbocycles. The fraction of sp³-hybridized carbons (Fsp3) is 0.389. The molecule has 0 amide bonds. The van der Waals surface area contributed by atoms with Crippen LogP contribution in [0.1, 0.15) is 24.1 Å². The van der Waals surface area contributed by atoms with Crippen molar-refractivity contribution in [3.8, 4) is 5.75 Å². The second kappa shape index (κ2) is 6.11. The number of hydrogen-bond donors (Lipinski definition) is 0. The van der Waals surface area contributed by atoms with E-state index in [0.29, 0.717) is 0 Å². The van der Waals surface area contributed by atoms with Gasteiger partial charge in [-0.1, -0.05) is 0 Å². The Morgan fingerprint density at radius 2 is 1.96 bits per heavy atom. The Bertz CT molecular complexity index is 837. The Morgan fingerprint density at radius 3 is 2.71 bits per heavy atom. The second-order valence-corrected chi connectivity index (χ2v) is 6.24. The van der Waals surface area contributed by atoms with Crippen LogP contribution >= 0.6 is 0 Å². The lowest BCUT2D eigenvalue weighted by Crippen LogP contribution is -2.39. The van der Waals surface area contributed by atoms with Gasteiger partial charge in [0.25, 0.3) is 0 Å². The van der Waals surface area contributed by atoms with Gasteiger partial charge >= 0.3 is 0 Å². The maximum Gasteiger partial charge on any atom is 0.157 e. The van der Waals surface area contributed by atoms with Crippen molar-refractivity contribution in [2.24, 2.45) is 0 Å². The number of nitrogens with zero attached hydrogens (tertiary/aromatic N) is 5. The lowest BCUT2D eigenvalue weighted by molar-refractivity contribution is 0.170. The molecule has 1 fully saturated rings. The minimum Gasteiger partial charge on any atom is -0.489 e. The summed E-state index contributed by atoms with van der Waals surface area (Å²) in [5.41, 5.74) is 3.16. The molecule has 3 aromatic heterocycles. The number of anilines is 1. The first-order chi connectivity index (χ1) is 11.7. The maximum absolute atomic E-state index is 6.04. The van der Waals surface area contributed by atoms with E-state index in [1.54, 1.807) is 12.4 Å². The summed E-state index contributed by atoms with van der Waals surface area (Å²) in [6.45, 7) is 6.08. The zero-order chi connectivity index (χ0) is 16.5. The van der Waals surface area contributed by atoms with Crippen LogP contribution in [0.3, 0.4) is 0 Å². The first-order valence-corrected chi connectivity index (χ1v) is 8.35. The summed E-state index contributed by atoms with van der Waals surface area (Å²) in [5, 5.41) is 4.46. The Morgan fingerprint density at radius 1 is 1.12 bits per heavy atom. The van der Waals surface area contributed by atoms with Gasteiger partial charge in [-0.05, 0) is 26.0 Å². The number of pyridine rings is 1. The van der Waals surface area contributed by atoms with Gasteiger partial charge in [0.1, 0.15) is 17.7 Å². The van der Waals surface area contributed by atoms with Crippen LogP contribution in [0.4, 0.5) is 5.82 Å². The molecule has 0 bridgehead atoms. The van der Waals surface area contributed by atoms with Gasteiger partial charge in [0.15, 0.2) is 5.65 Å². The highest BCUT2D eigenvalue weighted by Gasteiger charge is 2.24. The van der Waals surface area contributed by atoms with Gasteiger partial charge in [-0.3, -0.25) is 4.98 Å². The largest absolute Gasteiger partial charge is 0.489 e. The quantitative estimate of drug-likeness (QED) is 0.742. The highest BCUT2D eigenvalue weighted by atomic mass is 16.5. The van der Waals surface area contributed by atoms with E-state index < -0.39 is 0 Å². The van der Waals surface area contributed by atoms with E-state index in [4.69, 9.17) is 4.74 Å². The molecule has 1 saturated heterocycles. The number of hydrogen-bond acceptors (Lipinski definition) is 5. The zero-order valence-corrected chi connectivity index (χ0v) is 14.0. The van der Waals surface area contributed by atoms with Gasteiger partial charge in [-0.15, -0.1) is 0 Å². The Hall–Kier alpha value is -2.63. The predicted octanol–water partition coefficient (Wildman–Crippen LogP) is 2.79. The molecule has 0 atom stereocenters. The van der Waals surface area contributed by atoms with Crippen LogP contribution in [0.5, 0.6) is 5.75 Å². The van der Waals surface area contributed by atoms with E-state index >= 15 is 0 Å². The number of rotatable bonds is 3. The molecule has 0 N–H and O–H groups in total. The van der Waals surface area contributed by atoms with Crippen molar-refractivity contribution in [3.05, 3.63) is 48.0 Å². The highest BCUT2D eigenvalue weighted by molar-refractivity contribution is 5.56. The number of aryl methyl sites for hydroxylation is 1. The molecule has 24 heavy (non-hydrogen) atoms. The van der Waals surface area contributed by atoms with Gasteiger partial charge in [0.05, 0.1) is 12.4 Å². The van der Waals surface area contributed by atoms with E-state index in [1.807, 2.05) is 28.9 Å². The van der Waals surface area contributed by atoms with Crippen LogP contribution in [0.25, 0.3) is 5.65 Å². The van der Waals surface area contributed by atoms with E-state index in [0.717, 1.165) is 48.8 Å². The van der Waals surface area contributed by atoms with E-state index in [2.05, 4.69) is 33.8 Å². The molecule has 1 aliphatic rings. The molecule has 0 unspecified atom stereocenters. The van der Waals surface area contributed by atoms with E-state index in [-0.39, 0.29) is 6.10 Å². The molecule has 6 nitrogen and oxygen atoms in total. The Balaban J connectivity index is 1.52. The predicted molar refractivity (Wildman–Crippen MR) is 92.6 cm³/mol. The van der Waals surface area contributed by atoms with Crippen molar-refractivity contribution in [2.75, 3.05) is 18.0 Å². The highest BCUT2D eigenvalue weighted by Crippen LogP contribution is 2.27. The van der Waals surface area contributed by atoms with E-state index in [9.17, 15) is 0 Å².